The molecule has 3 aromatic carbocycles. The maximum Gasteiger partial charge on any atom is 0.325 e. The number of carbonyl (C=O) groups excluding carboxylic acids is 1. The molecular weight excluding hydrogens is 536 g/mol. The molecule has 2 unspecified atom stereocenters. The van der Waals surface area contributed by atoms with Gasteiger partial charge in [-0.05, 0) is 78.8 Å². The third-order valence-electron chi connectivity index (χ3n) is 6.72. The molecule has 0 bridgehead atoms. The number of para-hydroxylation sites is 1. The van der Waals surface area contributed by atoms with Crippen LogP contribution >= 0.6 is 11.8 Å². The molecule has 0 saturated carbocycles. The van der Waals surface area contributed by atoms with Crippen LogP contribution in [0.5, 0.6) is 5.75 Å². The van der Waals surface area contributed by atoms with E-state index >= 15 is 0 Å². The Labute approximate surface area is 249 Å². The largest absolute Gasteiger partial charge is 0.497 e. The van der Waals surface area contributed by atoms with E-state index in [9.17, 15) is 9.59 Å². The van der Waals surface area contributed by atoms with Crippen molar-refractivity contribution in [1.82, 2.24) is 10.2 Å². The van der Waals surface area contributed by atoms with Gasteiger partial charge in [0.1, 0.15) is 11.8 Å². The molecule has 4 rings (SSSR count). The van der Waals surface area contributed by atoms with Gasteiger partial charge in [0.25, 0.3) is 5.91 Å². The zero-order valence-electron chi connectivity index (χ0n) is 25.1. The van der Waals surface area contributed by atoms with Gasteiger partial charge in [0.05, 0.1) is 13.2 Å². The lowest BCUT2D eigenvalue weighted by molar-refractivity contribution is -0.138. The van der Waals surface area contributed by atoms with Crippen molar-refractivity contribution in [3.8, 4) is 16.9 Å². The van der Waals surface area contributed by atoms with E-state index in [-0.39, 0.29) is 12.0 Å². The Balaban J connectivity index is 0.000000407. The Hall–Kier alpha value is -3.33. The van der Waals surface area contributed by atoms with Crippen molar-refractivity contribution in [2.75, 3.05) is 39.3 Å². The molecule has 7 nitrogen and oxygen atoms in total. The first-order valence-electron chi connectivity index (χ1n) is 13.8. The number of carboxylic acids is 1. The van der Waals surface area contributed by atoms with Gasteiger partial charge in [-0.3, -0.25) is 14.5 Å². The summed E-state index contributed by atoms with van der Waals surface area (Å²) >= 11 is 1.86. The summed E-state index contributed by atoms with van der Waals surface area (Å²) < 4.78 is 10.4. The Morgan fingerprint density at radius 1 is 1.05 bits per heavy atom. The zero-order valence-corrected chi connectivity index (χ0v) is 25.9. The molecule has 1 fully saturated rings. The minimum atomic E-state index is -1.06. The third kappa shape index (κ3) is 11.2. The highest BCUT2D eigenvalue weighted by Crippen LogP contribution is 2.29. The first-order valence-corrected chi connectivity index (χ1v) is 15.2. The van der Waals surface area contributed by atoms with Crippen molar-refractivity contribution in [1.29, 1.82) is 0 Å². The second-order valence-electron chi connectivity index (χ2n) is 9.70. The number of likely N-dealkylation sites (tertiary alicyclic amines) is 1. The number of ether oxygens (including phenoxy) is 2. The highest BCUT2D eigenvalue weighted by atomic mass is 32.2. The molecule has 0 radical (unpaired) electrons. The molecule has 222 valence electrons. The van der Waals surface area contributed by atoms with Crippen molar-refractivity contribution in [2.45, 2.75) is 45.9 Å². The molecule has 2 N–H and O–H groups in total. The third-order valence-corrected chi connectivity index (χ3v) is 7.30. The maximum atomic E-state index is 12.8. The van der Waals surface area contributed by atoms with Crippen molar-refractivity contribution < 1.29 is 24.2 Å². The van der Waals surface area contributed by atoms with E-state index in [0.29, 0.717) is 5.56 Å². The Morgan fingerprint density at radius 2 is 1.71 bits per heavy atom. The van der Waals surface area contributed by atoms with Crippen molar-refractivity contribution >= 4 is 23.6 Å². The number of benzene rings is 3. The van der Waals surface area contributed by atoms with Gasteiger partial charge in [-0.2, -0.15) is 11.8 Å². The van der Waals surface area contributed by atoms with Crippen LogP contribution in [0.4, 0.5) is 0 Å². The summed E-state index contributed by atoms with van der Waals surface area (Å²) in [7, 11) is 3.41. The number of hydrogen-bond donors (Lipinski definition) is 2. The molecule has 3 aromatic rings. The van der Waals surface area contributed by atoms with Gasteiger partial charge in [0.15, 0.2) is 0 Å². The fraction of sp³-hybridized carbons (Fsp3) is 0.394. The molecule has 0 aromatic heterocycles. The van der Waals surface area contributed by atoms with Crippen molar-refractivity contribution in [2.24, 2.45) is 0 Å². The molecule has 41 heavy (non-hydrogen) atoms. The monoisotopic (exact) mass is 580 g/mol. The summed E-state index contributed by atoms with van der Waals surface area (Å²) in [5, 5.41) is 11.7. The highest BCUT2D eigenvalue weighted by molar-refractivity contribution is 7.98. The average Bonchev–Trinajstić information content (AvgIpc) is 3.45. The second kappa shape index (κ2) is 18.2. The number of hydrogen-bond acceptors (Lipinski definition) is 6. The predicted octanol–water partition coefficient (Wildman–Crippen LogP) is 6.15. The Kier molecular flexibility index (Phi) is 15.0. The van der Waals surface area contributed by atoms with Gasteiger partial charge >= 0.3 is 5.97 Å². The van der Waals surface area contributed by atoms with Gasteiger partial charge < -0.3 is 19.9 Å². The van der Waals surface area contributed by atoms with Crippen LogP contribution in [-0.4, -0.2) is 73.3 Å². The number of nitrogens with zero attached hydrogens (tertiary/aromatic N) is 1. The smallest absolute Gasteiger partial charge is 0.325 e. The quantitative estimate of drug-likeness (QED) is 0.314. The zero-order chi connectivity index (χ0) is 30.2. The van der Waals surface area contributed by atoms with E-state index < -0.39 is 12.0 Å². The highest BCUT2D eigenvalue weighted by Gasteiger charge is 2.23. The summed E-state index contributed by atoms with van der Waals surface area (Å²) in [6, 6.07) is 22.4. The van der Waals surface area contributed by atoms with Crippen molar-refractivity contribution in [3.05, 3.63) is 89.5 Å². The second-order valence-corrected chi connectivity index (χ2v) is 10.9. The maximum absolute atomic E-state index is 12.8. The Morgan fingerprint density at radius 3 is 2.24 bits per heavy atom. The van der Waals surface area contributed by atoms with Crippen LogP contribution in [0.3, 0.4) is 0 Å². The van der Waals surface area contributed by atoms with Crippen LogP contribution < -0.4 is 10.1 Å². The van der Waals surface area contributed by atoms with Gasteiger partial charge in [-0.15, -0.1) is 0 Å². The molecule has 1 heterocycles. The number of nitrogens with one attached hydrogen (secondary N) is 1. The van der Waals surface area contributed by atoms with Gasteiger partial charge in [0.2, 0.25) is 0 Å². The average molecular weight is 581 g/mol. The number of aryl methyl sites for hydroxylation is 1. The number of rotatable bonds is 9. The molecular formula is C33H44N2O5S. The molecule has 0 aliphatic carbocycles. The molecule has 1 saturated heterocycles. The van der Waals surface area contributed by atoms with E-state index in [1.54, 1.807) is 20.3 Å². The standard InChI is InChI=1S/C23H28N2O4.C7H8O.C3H8S/c1-15-6-4-5-7-19(15)21-12-17(13-25-11-10-18(14-25)29-3)8-9-20(21)22(26)24-16(2)23(27)28;1-8-7-5-3-2-4-6-7;1-3-4-2/h4-9,12,16,18H,10-11,13-14H2,1-3H3,(H,24,26)(H,27,28);2-6H,1H3;3H2,1-2H3. The summed E-state index contributed by atoms with van der Waals surface area (Å²) in [5.74, 6) is 0.701. The molecule has 1 aliphatic heterocycles. The predicted molar refractivity (Wildman–Crippen MR) is 169 cm³/mol. The van der Waals surface area contributed by atoms with Crippen molar-refractivity contribution in [3.63, 3.8) is 0 Å². The fourth-order valence-corrected chi connectivity index (χ4v) is 4.27. The minimum absolute atomic E-state index is 0.272. The van der Waals surface area contributed by atoms with Crippen LogP contribution in [0, 0.1) is 6.92 Å². The molecule has 8 heteroatoms. The van der Waals surface area contributed by atoms with Crippen LogP contribution in [0.2, 0.25) is 0 Å². The Bertz CT molecular complexity index is 1220. The number of carbonyl (C=O) groups is 2. The normalized spacial score (nSPS) is 15.0. The van der Waals surface area contributed by atoms with Crippen LogP contribution in [0.1, 0.15) is 41.8 Å². The SMILES string of the molecule is CCSC.COC1CCN(Cc2ccc(C(=O)NC(C)C(=O)O)c(-c3ccccc3C)c2)C1.COc1ccccc1. The first-order chi connectivity index (χ1) is 19.7. The summed E-state index contributed by atoms with van der Waals surface area (Å²) in [5.41, 5.74) is 4.44. The van der Waals surface area contributed by atoms with E-state index in [1.165, 1.54) is 12.7 Å². The topological polar surface area (TPSA) is 88.1 Å². The number of amides is 1. The van der Waals surface area contributed by atoms with E-state index in [1.807, 2.05) is 85.4 Å². The van der Waals surface area contributed by atoms with E-state index in [4.69, 9.17) is 14.6 Å². The number of carboxylic acid groups (broad SMARTS) is 1. The lowest BCUT2D eigenvalue weighted by Gasteiger charge is -2.19. The fourth-order valence-electron chi connectivity index (χ4n) is 4.27. The molecule has 0 spiro atoms. The molecule has 1 amide bonds. The van der Waals surface area contributed by atoms with Crippen LogP contribution in [0.25, 0.3) is 11.1 Å². The van der Waals surface area contributed by atoms with Gasteiger partial charge in [0, 0.05) is 32.3 Å². The first kappa shape index (κ1) is 33.9. The van der Waals surface area contributed by atoms with E-state index in [0.717, 1.165) is 54.1 Å². The lowest BCUT2D eigenvalue weighted by atomic mass is 9.93. The lowest BCUT2D eigenvalue weighted by Crippen LogP contribution is -2.38. The number of aliphatic carboxylic acids is 1. The van der Waals surface area contributed by atoms with E-state index in [2.05, 4.69) is 23.4 Å². The van der Waals surface area contributed by atoms with Gasteiger partial charge in [-0.25, -0.2) is 0 Å². The van der Waals surface area contributed by atoms with Crippen LogP contribution in [-0.2, 0) is 16.1 Å². The molecule has 1 aliphatic rings. The van der Waals surface area contributed by atoms with Crippen LogP contribution in [0.15, 0.2) is 72.8 Å². The molecule has 2 atom stereocenters. The summed E-state index contributed by atoms with van der Waals surface area (Å²) in [4.78, 5) is 26.3. The summed E-state index contributed by atoms with van der Waals surface area (Å²) in [6.07, 6.45) is 3.39. The number of methoxy groups -OCH3 is 2. The number of thioether (sulfide) groups is 1. The minimum Gasteiger partial charge on any atom is -0.497 e. The summed E-state index contributed by atoms with van der Waals surface area (Å²) in [6.45, 7) is 8.27. The van der Waals surface area contributed by atoms with Gasteiger partial charge in [-0.1, -0.05) is 55.5 Å².